The second-order valence-electron chi connectivity index (χ2n) is 3.86. The molecule has 92 valence electrons. The number of nitrogens with two attached hydrogens (primary N) is 1. The SMILES string of the molecule is CCN(CCOC)Cc1cc(CN)oc1C. The van der Waals surface area contributed by atoms with Crippen LogP contribution < -0.4 is 5.73 Å². The number of nitrogens with zero attached hydrogens (tertiary/aromatic N) is 1. The third kappa shape index (κ3) is 3.63. The number of ether oxygens (including phenoxy) is 1. The Balaban J connectivity index is 2.58. The Bertz CT molecular complexity index is 310. The minimum Gasteiger partial charge on any atom is -0.465 e. The van der Waals surface area contributed by atoms with Crippen molar-refractivity contribution in [3.8, 4) is 0 Å². The second kappa shape index (κ2) is 6.68. The molecule has 4 nitrogen and oxygen atoms in total. The van der Waals surface area contributed by atoms with E-state index in [1.54, 1.807) is 7.11 Å². The molecule has 0 unspecified atom stereocenters. The van der Waals surface area contributed by atoms with Gasteiger partial charge in [0, 0.05) is 25.8 Å². The molecule has 0 aromatic carbocycles. The van der Waals surface area contributed by atoms with E-state index in [4.69, 9.17) is 14.9 Å². The molecular weight excluding hydrogens is 204 g/mol. The minimum atomic E-state index is 0.463. The van der Waals surface area contributed by atoms with Gasteiger partial charge in [-0.25, -0.2) is 0 Å². The van der Waals surface area contributed by atoms with Gasteiger partial charge in [0.15, 0.2) is 0 Å². The molecule has 0 fully saturated rings. The third-order valence-electron chi connectivity index (χ3n) is 2.73. The highest BCUT2D eigenvalue weighted by Crippen LogP contribution is 2.16. The molecule has 16 heavy (non-hydrogen) atoms. The first kappa shape index (κ1) is 13.2. The standard InChI is InChI=1S/C12H22N2O2/c1-4-14(5-6-15-3)9-11-7-12(8-13)16-10(11)2/h7H,4-6,8-9,13H2,1-3H3. The van der Waals surface area contributed by atoms with Gasteiger partial charge in [-0.2, -0.15) is 0 Å². The molecule has 1 aromatic rings. The zero-order valence-corrected chi connectivity index (χ0v) is 10.5. The molecule has 0 aliphatic heterocycles. The van der Waals surface area contributed by atoms with Gasteiger partial charge < -0.3 is 14.9 Å². The topological polar surface area (TPSA) is 51.6 Å². The van der Waals surface area contributed by atoms with Crippen molar-refractivity contribution < 1.29 is 9.15 Å². The molecule has 0 aliphatic rings. The van der Waals surface area contributed by atoms with Crippen molar-refractivity contribution in [3.63, 3.8) is 0 Å². The molecule has 2 N–H and O–H groups in total. The summed E-state index contributed by atoms with van der Waals surface area (Å²) < 4.78 is 10.6. The zero-order chi connectivity index (χ0) is 12.0. The first-order valence-corrected chi connectivity index (χ1v) is 5.70. The number of furan rings is 1. The third-order valence-corrected chi connectivity index (χ3v) is 2.73. The molecule has 1 rings (SSSR count). The number of rotatable bonds is 7. The van der Waals surface area contributed by atoms with Gasteiger partial charge in [-0.3, -0.25) is 4.90 Å². The van der Waals surface area contributed by atoms with Crippen LogP contribution in [0, 0.1) is 6.92 Å². The van der Waals surface area contributed by atoms with Crippen LogP contribution in [0.25, 0.3) is 0 Å². The molecular formula is C12H22N2O2. The van der Waals surface area contributed by atoms with Crippen molar-refractivity contribution in [2.45, 2.75) is 26.9 Å². The van der Waals surface area contributed by atoms with Gasteiger partial charge in [-0.15, -0.1) is 0 Å². The van der Waals surface area contributed by atoms with Gasteiger partial charge in [-0.1, -0.05) is 6.92 Å². The summed E-state index contributed by atoms with van der Waals surface area (Å²) in [6.45, 7) is 8.20. The van der Waals surface area contributed by atoms with Crippen LogP contribution in [0.1, 0.15) is 24.0 Å². The van der Waals surface area contributed by atoms with E-state index in [0.717, 1.165) is 37.8 Å². The number of hydrogen-bond donors (Lipinski definition) is 1. The highest BCUT2D eigenvalue weighted by molar-refractivity contribution is 5.20. The molecule has 0 aliphatic carbocycles. The minimum absolute atomic E-state index is 0.463. The summed E-state index contributed by atoms with van der Waals surface area (Å²) in [6.07, 6.45) is 0. The molecule has 0 bridgehead atoms. The molecule has 0 amide bonds. The molecule has 0 radical (unpaired) electrons. The van der Waals surface area contributed by atoms with Crippen molar-refractivity contribution in [2.24, 2.45) is 5.73 Å². The Hall–Kier alpha value is -0.840. The fraction of sp³-hybridized carbons (Fsp3) is 0.667. The van der Waals surface area contributed by atoms with Crippen LogP contribution >= 0.6 is 0 Å². The molecule has 1 aromatic heterocycles. The average molecular weight is 226 g/mol. The Morgan fingerprint density at radius 2 is 2.25 bits per heavy atom. The van der Waals surface area contributed by atoms with Crippen LogP contribution in [0.5, 0.6) is 0 Å². The summed E-state index contributed by atoms with van der Waals surface area (Å²) >= 11 is 0. The van der Waals surface area contributed by atoms with E-state index in [1.165, 1.54) is 5.56 Å². The molecule has 0 saturated carbocycles. The first-order valence-electron chi connectivity index (χ1n) is 5.70. The van der Waals surface area contributed by atoms with E-state index >= 15 is 0 Å². The normalized spacial score (nSPS) is 11.3. The summed E-state index contributed by atoms with van der Waals surface area (Å²) in [6, 6.07) is 2.05. The Kier molecular flexibility index (Phi) is 5.52. The van der Waals surface area contributed by atoms with Crippen molar-refractivity contribution >= 4 is 0 Å². The van der Waals surface area contributed by atoms with Crippen LogP contribution in [0.15, 0.2) is 10.5 Å². The van der Waals surface area contributed by atoms with E-state index in [1.807, 2.05) is 13.0 Å². The summed E-state index contributed by atoms with van der Waals surface area (Å²) in [5, 5.41) is 0. The molecule has 0 spiro atoms. The van der Waals surface area contributed by atoms with Gasteiger partial charge in [0.2, 0.25) is 0 Å². The second-order valence-corrected chi connectivity index (χ2v) is 3.86. The summed E-state index contributed by atoms with van der Waals surface area (Å²) in [4.78, 5) is 2.32. The van der Waals surface area contributed by atoms with Crippen LogP contribution in [0.2, 0.25) is 0 Å². The largest absolute Gasteiger partial charge is 0.465 e. The Labute approximate surface area is 97.4 Å². The van der Waals surface area contributed by atoms with E-state index in [-0.39, 0.29) is 0 Å². The van der Waals surface area contributed by atoms with Crippen molar-refractivity contribution in [1.29, 1.82) is 0 Å². The lowest BCUT2D eigenvalue weighted by molar-refractivity contribution is 0.147. The fourth-order valence-corrected chi connectivity index (χ4v) is 1.66. The summed E-state index contributed by atoms with van der Waals surface area (Å²) in [7, 11) is 1.73. The van der Waals surface area contributed by atoms with E-state index in [0.29, 0.717) is 6.54 Å². The highest BCUT2D eigenvalue weighted by Gasteiger charge is 2.10. The number of methoxy groups -OCH3 is 1. The molecule has 4 heteroatoms. The predicted molar refractivity (Wildman–Crippen MR) is 64.2 cm³/mol. The van der Waals surface area contributed by atoms with Crippen LogP contribution in [-0.2, 0) is 17.8 Å². The van der Waals surface area contributed by atoms with Gasteiger partial charge >= 0.3 is 0 Å². The van der Waals surface area contributed by atoms with Crippen LogP contribution in [0.4, 0.5) is 0 Å². The predicted octanol–water partition coefficient (Wildman–Crippen LogP) is 1.52. The smallest absolute Gasteiger partial charge is 0.118 e. The van der Waals surface area contributed by atoms with Crippen molar-refractivity contribution in [1.82, 2.24) is 4.90 Å². The lowest BCUT2D eigenvalue weighted by Crippen LogP contribution is -2.26. The van der Waals surface area contributed by atoms with E-state index in [9.17, 15) is 0 Å². The number of hydrogen-bond acceptors (Lipinski definition) is 4. The molecule has 0 saturated heterocycles. The molecule has 1 heterocycles. The maximum absolute atomic E-state index is 5.55. The van der Waals surface area contributed by atoms with Gasteiger partial charge in [0.05, 0.1) is 13.2 Å². The van der Waals surface area contributed by atoms with Crippen LogP contribution in [0.3, 0.4) is 0 Å². The van der Waals surface area contributed by atoms with Gasteiger partial charge in [0.25, 0.3) is 0 Å². The van der Waals surface area contributed by atoms with Crippen molar-refractivity contribution in [2.75, 3.05) is 26.8 Å². The maximum atomic E-state index is 5.55. The number of aryl methyl sites for hydroxylation is 1. The highest BCUT2D eigenvalue weighted by atomic mass is 16.5. The zero-order valence-electron chi connectivity index (χ0n) is 10.5. The Morgan fingerprint density at radius 3 is 2.75 bits per heavy atom. The fourth-order valence-electron chi connectivity index (χ4n) is 1.66. The average Bonchev–Trinajstić information content (AvgIpc) is 2.65. The lowest BCUT2D eigenvalue weighted by Gasteiger charge is -2.19. The maximum Gasteiger partial charge on any atom is 0.118 e. The van der Waals surface area contributed by atoms with Crippen molar-refractivity contribution in [3.05, 3.63) is 23.2 Å². The quantitative estimate of drug-likeness (QED) is 0.765. The Morgan fingerprint density at radius 1 is 1.50 bits per heavy atom. The summed E-state index contributed by atoms with van der Waals surface area (Å²) in [5.41, 5.74) is 6.77. The number of likely N-dealkylation sites (N-methyl/N-ethyl adjacent to an activating group) is 1. The van der Waals surface area contributed by atoms with Gasteiger partial charge in [-0.05, 0) is 19.5 Å². The monoisotopic (exact) mass is 226 g/mol. The van der Waals surface area contributed by atoms with E-state index in [2.05, 4.69) is 11.8 Å². The van der Waals surface area contributed by atoms with Gasteiger partial charge in [0.1, 0.15) is 11.5 Å². The summed E-state index contributed by atoms with van der Waals surface area (Å²) in [5.74, 6) is 1.83. The first-order chi connectivity index (χ1) is 7.71. The lowest BCUT2D eigenvalue weighted by atomic mass is 10.2. The van der Waals surface area contributed by atoms with Crippen LogP contribution in [-0.4, -0.2) is 31.7 Å². The van der Waals surface area contributed by atoms with E-state index < -0.39 is 0 Å². The molecule has 0 atom stereocenters.